The molecule has 0 aliphatic heterocycles. The Hall–Kier alpha value is -0.250. The van der Waals surface area contributed by atoms with Crippen molar-refractivity contribution in [1.29, 1.82) is 0 Å². The van der Waals surface area contributed by atoms with E-state index in [1.807, 2.05) is 18.7 Å². The zero-order valence-corrected chi connectivity index (χ0v) is 11.7. The van der Waals surface area contributed by atoms with Crippen LogP contribution in [-0.2, 0) is 13.6 Å². The van der Waals surface area contributed by atoms with Crippen molar-refractivity contribution >= 4 is 23.2 Å². The van der Waals surface area contributed by atoms with Crippen molar-refractivity contribution in [2.75, 3.05) is 5.88 Å². The molecule has 0 radical (unpaired) electrons. The molecule has 92 valence electrons. The van der Waals surface area contributed by atoms with Gasteiger partial charge in [-0.3, -0.25) is 4.68 Å². The Kier molecular flexibility index (Phi) is 5.09. The quantitative estimate of drug-likeness (QED) is 0.829. The first-order valence-electron chi connectivity index (χ1n) is 5.44. The lowest BCUT2D eigenvalue weighted by molar-refractivity contribution is 0.423. The standard InChI is InChI=1S/C11H19Cl2N3/c1-7(5-12)8(2)14-6-10-11(13)9(3)15-16(10)4/h7-8,14H,5-6H2,1-4H3. The third-order valence-electron chi connectivity index (χ3n) is 2.95. The Bertz CT molecular complexity index is 349. The topological polar surface area (TPSA) is 29.9 Å². The molecule has 0 aliphatic carbocycles. The van der Waals surface area contributed by atoms with Crippen LogP contribution >= 0.6 is 23.2 Å². The van der Waals surface area contributed by atoms with E-state index >= 15 is 0 Å². The maximum Gasteiger partial charge on any atom is 0.0860 e. The van der Waals surface area contributed by atoms with E-state index < -0.39 is 0 Å². The van der Waals surface area contributed by atoms with E-state index in [9.17, 15) is 0 Å². The van der Waals surface area contributed by atoms with Crippen LogP contribution in [0.25, 0.3) is 0 Å². The van der Waals surface area contributed by atoms with Crippen LogP contribution in [-0.4, -0.2) is 21.7 Å². The molecule has 2 atom stereocenters. The summed E-state index contributed by atoms with van der Waals surface area (Å²) in [5.74, 6) is 1.10. The lowest BCUT2D eigenvalue weighted by Crippen LogP contribution is -2.33. The third-order valence-corrected chi connectivity index (χ3v) is 3.93. The van der Waals surface area contributed by atoms with Crippen LogP contribution in [0.3, 0.4) is 0 Å². The molecule has 5 heteroatoms. The van der Waals surface area contributed by atoms with E-state index in [0.717, 1.165) is 23.0 Å². The number of hydrogen-bond acceptors (Lipinski definition) is 2. The normalized spacial score (nSPS) is 15.1. The minimum absolute atomic E-state index is 0.365. The van der Waals surface area contributed by atoms with Crippen molar-refractivity contribution in [1.82, 2.24) is 15.1 Å². The predicted octanol–water partition coefficient (Wildman–Crippen LogP) is 2.73. The lowest BCUT2D eigenvalue weighted by atomic mass is 10.1. The molecule has 0 bridgehead atoms. The molecule has 1 heterocycles. The van der Waals surface area contributed by atoms with E-state index in [1.165, 1.54) is 0 Å². The van der Waals surface area contributed by atoms with Crippen LogP contribution < -0.4 is 5.32 Å². The Labute approximate surface area is 107 Å². The average molecular weight is 264 g/mol. The molecule has 3 nitrogen and oxygen atoms in total. The van der Waals surface area contributed by atoms with Crippen LogP contribution in [0.15, 0.2) is 0 Å². The second-order valence-electron chi connectivity index (χ2n) is 4.27. The predicted molar refractivity (Wildman–Crippen MR) is 69.1 cm³/mol. The van der Waals surface area contributed by atoms with Gasteiger partial charge < -0.3 is 5.32 Å². The second kappa shape index (κ2) is 5.89. The number of nitrogens with one attached hydrogen (secondary N) is 1. The number of nitrogens with zero attached hydrogens (tertiary/aromatic N) is 2. The summed E-state index contributed by atoms with van der Waals surface area (Å²) in [6, 6.07) is 0.365. The summed E-state index contributed by atoms with van der Waals surface area (Å²) in [6.45, 7) is 6.89. The van der Waals surface area contributed by atoms with Gasteiger partial charge in [-0.25, -0.2) is 0 Å². The molecule has 16 heavy (non-hydrogen) atoms. The van der Waals surface area contributed by atoms with Crippen LogP contribution in [0.1, 0.15) is 25.2 Å². The minimum Gasteiger partial charge on any atom is -0.308 e. The van der Waals surface area contributed by atoms with Crippen molar-refractivity contribution in [2.45, 2.75) is 33.4 Å². The third kappa shape index (κ3) is 3.12. The first-order chi connectivity index (χ1) is 7.47. The first-order valence-corrected chi connectivity index (χ1v) is 6.36. The van der Waals surface area contributed by atoms with Gasteiger partial charge in [-0.05, 0) is 19.8 Å². The molecule has 0 spiro atoms. The highest BCUT2D eigenvalue weighted by Gasteiger charge is 2.14. The second-order valence-corrected chi connectivity index (χ2v) is 4.96. The van der Waals surface area contributed by atoms with Crippen molar-refractivity contribution in [2.24, 2.45) is 13.0 Å². The van der Waals surface area contributed by atoms with Gasteiger partial charge in [0.05, 0.1) is 16.4 Å². The number of aryl methyl sites for hydroxylation is 2. The Balaban J connectivity index is 2.61. The Morgan fingerprint density at radius 2 is 2.06 bits per heavy atom. The van der Waals surface area contributed by atoms with E-state index in [-0.39, 0.29) is 0 Å². The van der Waals surface area contributed by atoms with Crippen molar-refractivity contribution in [3.8, 4) is 0 Å². The molecule has 0 saturated carbocycles. The zero-order valence-electron chi connectivity index (χ0n) is 10.2. The summed E-state index contributed by atoms with van der Waals surface area (Å²) in [5.41, 5.74) is 1.90. The number of halogens is 2. The number of hydrogen-bond donors (Lipinski definition) is 1. The van der Waals surface area contributed by atoms with Crippen LogP contribution in [0.2, 0.25) is 5.02 Å². The molecule has 2 unspecified atom stereocenters. The van der Waals surface area contributed by atoms with Gasteiger partial charge in [-0.2, -0.15) is 5.10 Å². The van der Waals surface area contributed by atoms with Gasteiger partial charge in [0, 0.05) is 25.5 Å². The van der Waals surface area contributed by atoms with Gasteiger partial charge in [0.15, 0.2) is 0 Å². The van der Waals surface area contributed by atoms with Crippen molar-refractivity contribution in [3.05, 3.63) is 16.4 Å². The largest absolute Gasteiger partial charge is 0.308 e. The van der Waals surface area contributed by atoms with Gasteiger partial charge in [0.1, 0.15) is 0 Å². The van der Waals surface area contributed by atoms with Crippen LogP contribution in [0.5, 0.6) is 0 Å². The minimum atomic E-state index is 0.365. The lowest BCUT2D eigenvalue weighted by Gasteiger charge is -2.19. The fraction of sp³-hybridized carbons (Fsp3) is 0.727. The molecule has 1 aromatic rings. The molecule has 0 aliphatic rings. The number of rotatable bonds is 5. The summed E-state index contributed by atoms with van der Waals surface area (Å²) >= 11 is 12.0. The number of aromatic nitrogens is 2. The fourth-order valence-electron chi connectivity index (χ4n) is 1.46. The monoisotopic (exact) mass is 263 g/mol. The maximum atomic E-state index is 6.16. The molecular formula is C11H19Cl2N3. The molecule has 1 aromatic heterocycles. The van der Waals surface area contributed by atoms with Gasteiger partial charge in [0.25, 0.3) is 0 Å². The van der Waals surface area contributed by atoms with E-state index in [4.69, 9.17) is 23.2 Å². The van der Waals surface area contributed by atoms with Gasteiger partial charge in [-0.1, -0.05) is 18.5 Å². The van der Waals surface area contributed by atoms with Crippen LogP contribution in [0, 0.1) is 12.8 Å². The maximum absolute atomic E-state index is 6.16. The summed E-state index contributed by atoms with van der Waals surface area (Å²) < 4.78 is 1.82. The molecule has 0 saturated heterocycles. The highest BCUT2D eigenvalue weighted by molar-refractivity contribution is 6.31. The smallest absolute Gasteiger partial charge is 0.0860 e. The molecule has 0 fully saturated rings. The van der Waals surface area contributed by atoms with Crippen molar-refractivity contribution < 1.29 is 0 Å². The summed E-state index contributed by atoms with van der Waals surface area (Å²) in [4.78, 5) is 0. The van der Waals surface area contributed by atoms with Gasteiger partial charge in [0.2, 0.25) is 0 Å². The number of alkyl halides is 1. The molecule has 0 amide bonds. The Morgan fingerprint density at radius 1 is 1.44 bits per heavy atom. The van der Waals surface area contributed by atoms with Gasteiger partial charge >= 0.3 is 0 Å². The van der Waals surface area contributed by atoms with E-state index in [0.29, 0.717) is 17.8 Å². The summed E-state index contributed by atoms with van der Waals surface area (Å²) in [7, 11) is 1.91. The fourth-order valence-corrected chi connectivity index (χ4v) is 1.96. The molecule has 1 rings (SSSR count). The van der Waals surface area contributed by atoms with Crippen molar-refractivity contribution in [3.63, 3.8) is 0 Å². The first kappa shape index (κ1) is 13.8. The SMILES string of the molecule is Cc1nn(C)c(CNC(C)C(C)CCl)c1Cl. The molecular weight excluding hydrogens is 245 g/mol. The molecule has 0 aromatic carbocycles. The highest BCUT2D eigenvalue weighted by atomic mass is 35.5. The van der Waals surface area contributed by atoms with Crippen LogP contribution in [0.4, 0.5) is 0 Å². The van der Waals surface area contributed by atoms with E-state index in [1.54, 1.807) is 0 Å². The average Bonchev–Trinajstić information content (AvgIpc) is 2.49. The van der Waals surface area contributed by atoms with Gasteiger partial charge in [-0.15, -0.1) is 11.6 Å². The summed E-state index contributed by atoms with van der Waals surface area (Å²) in [5, 5.41) is 8.44. The zero-order chi connectivity index (χ0) is 12.3. The summed E-state index contributed by atoms with van der Waals surface area (Å²) in [6.07, 6.45) is 0. The van der Waals surface area contributed by atoms with E-state index in [2.05, 4.69) is 24.3 Å². The molecule has 1 N–H and O–H groups in total. The highest BCUT2D eigenvalue weighted by Crippen LogP contribution is 2.19. The Morgan fingerprint density at radius 3 is 2.50 bits per heavy atom.